The highest BCUT2D eigenvalue weighted by molar-refractivity contribution is 5.78. The van der Waals surface area contributed by atoms with E-state index in [1.54, 1.807) is 7.11 Å². The highest BCUT2D eigenvalue weighted by Gasteiger charge is 2.32. The number of amides is 1. The lowest BCUT2D eigenvalue weighted by molar-refractivity contribution is -0.129. The summed E-state index contributed by atoms with van der Waals surface area (Å²) in [4.78, 5) is 11.7. The topological polar surface area (TPSA) is 67.8 Å². The summed E-state index contributed by atoms with van der Waals surface area (Å²) in [5.74, 6) is -0.156. The normalized spacial score (nSPS) is 18.9. The van der Waals surface area contributed by atoms with Gasteiger partial charge in [-0.3, -0.25) is 4.79 Å². The van der Waals surface area contributed by atoms with Crippen molar-refractivity contribution >= 4 is 5.91 Å². The Labute approximate surface area is 102 Å². The molecule has 2 N–H and O–H groups in total. The van der Waals surface area contributed by atoms with E-state index < -0.39 is 5.54 Å². The van der Waals surface area contributed by atoms with Crippen LogP contribution in [0.5, 0.6) is 0 Å². The fourth-order valence-corrected chi connectivity index (χ4v) is 2.19. The van der Waals surface area contributed by atoms with Crippen molar-refractivity contribution in [1.29, 1.82) is 0 Å². The van der Waals surface area contributed by atoms with Gasteiger partial charge in [0.05, 0.1) is 25.4 Å². The van der Waals surface area contributed by atoms with Gasteiger partial charge in [0.1, 0.15) is 6.61 Å². The second-order valence-corrected chi connectivity index (χ2v) is 4.59. The smallest absolute Gasteiger partial charge is 0.246 e. The lowest BCUT2D eigenvalue weighted by atomic mass is 9.82. The highest BCUT2D eigenvalue weighted by Crippen LogP contribution is 2.27. The molecule has 0 heterocycles. The number of hydrogen-bond acceptors (Lipinski definition) is 4. The second-order valence-electron chi connectivity index (χ2n) is 4.59. The van der Waals surface area contributed by atoms with Gasteiger partial charge in [0.15, 0.2) is 0 Å². The van der Waals surface area contributed by atoms with Gasteiger partial charge in [-0.15, -0.1) is 0 Å². The first-order valence-corrected chi connectivity index (χ1v) is 6.21. The number of aliphatic hydroxyl groups excluding tert-OH is 1. The average molecular weight is 245 g/mol. The van der Waals surface area contributed by atoms with Crippen molar-refractivity contribution in [3.63, 3.8) is 0 Å². The van der Waals surface area contributed by atoms with E-state index in [-0.39, 0.29) is 19.1 Å². The maximum absolute atomic E-state index is 11.7. The monoisotopic (exact) mass is 245 g/mol. The van der Waals surface area contributed by atoms with Crippen LogP contribution in [0.3, 0.4) is 0 Å². The number of hydrogen-bond donors (Lipinski definition) is 2. The molecule has 1 rings (SSSR count). The van der Waals surface area contributed by atoms with E-state index >= 15 is 0 Å². The fourth-order valence-electron chi connectivity index (χ4n) is 2.19. The zero-order valence-electron chi connectivity index (χ0n) is 10.5. The molecule has 0 aromatic heterocycles. The van der Waals surface area contributed by atoms with Crippen LogP contribution >= 0.6 is 0 Å². The Morgan fingerprint density at radius 3 is 2.59 bits per heavy atom. The zero-order valence-corrected chi connectivity index (χ0v) is 10.5. The van der Waals surface area contributed by atoms with Crippen LogP contribution in [0, 0.1) is 0 Å². The van der Waals surface area contributed by atoms with Crippen molar-refractivity contribution in [3.8, 4) is 0 Å². The van der Waals surface area contributed by atoms with Gasteiger partial charge in [0.2, 0.25) is 5.91 Å². The Kier molecular flexibility index (Phi) is 6.47. The molecule has 17 heavy (non-hydrogen) atoms. The van der Waals surface area contributed by atoms with Crippen molar-refractivity contribution in [2.45, 2.75) is 37.6 Å². The Hall–Kier alpha value is -0.650. The molecule has 0 saturated heterocycles. The van der Waals surface area contributed by atoms with Crippen LogP contribution in [0.4, 0.5) is 0 Å². The van der Waals surface area contributed by atoms with E-state index in [0.717, 1.165) is 25.7 Å². The number of carbonyl (C=O) groups is 1. The molecule has 1 aliphatic carbocycles. The molecule has 100 valence electrons. The minimum absolute atomic E-state index is 0.0107. The van der Waals surface area contributed by atoms with Crippen molar-refractivity contribution < 1.29 is 19.4 Å². The van der Waals surface area contributed by atoms with E-state index in [1.807, 2.05) is 0 Å². The lowest BCUT2D eigenvalue weighted by Gasteiger charge is -2.36. The molecule has 5 nitrogen and oxygen atoms in total. The van der Waals surface area contributed by atoms with E-state index in [1.165, 1.54) is 6.42 Å². The zero-order chi connectivity index (χ0) is 12.6. The number of aliphatic hydroxyl groups is 1. The van der Waals surface area contributed by atoms with Gasteiger partial charge >= 0.3 is 0 Å². The second kappa shape index (κ2) is 7.63. The summed E-state index contributed by atoms with van der Waals surface area (Å²) in [6.45, 7) is 0.941. The first-order valence-electron chi connectivity index (χ1n) is 6.21. The van der Waals surface area contributed by atoms with Crippen molar-refractivity contribution in [1.82, 2.24) is 5.32 Å². The van der Waals surface area contributed by atoms with Gasteiger partial charge in [-0.25, -0.2) is 0 Å². The lowest BCUT2D eigenvalue weighted by Crippen LogP contribution is -2.53. The number of rotatable bonds is 7. The maximum atomic E-state index is 11.7. The molecule has 1 aliphatic rings. The minimum atomic E-state index is -0.417. The van der Waals surface area contributed by atoms with Crippen LogP contribution in [-0.2, 0) is 14.3 Å². The molecule has 0 aromatic rings. The molecule has 0 aliphatic heterocycles. The molecular formula is C12H23NO4. The minimum Gasteiger partial charge on any atom is -0.394 e. The van der Waals surface area contributed by atoms with Gasteiger partial charge in [-0.05, 0) is 12.8 Å². The number of nitrogens with one attached hydrogen (secondary N) is 1. The third kappa shape index (κ3) is 5.02. The Morgan fingerprint density at radius 1 is 1.29 bits per heavy atom. The van der Waals surface area contributed by atoms with Crippen LogP contribution in [0.2, 0.25) is 0 Å². The summed E-state index contributed by atoms with van der Waals surface area (Å²) in [6, 6.07) is 0. The summed E-state index contributed by atoms with van der Waals surface area (Å²) in [5, 5.41) is 12.3. The summed E-state index contributed by atoms with van der Waals surface area (Å²) in [6.07, 6.45) is 5.01. The molecule has 1 fully saturated rings. The third-order valence-electron chi connectivity index (χ3n) is 3.18. The number of ether oxygens (including phenoxy) is 2. The Bertz CT molecular complexity index is 227. The molecule has 0 radical (unpaired) electrons. The highest BCUT2D eigenvalue weighted by atomic mass is 16.5. The van der Waals surface area contributed by atoms with E-state index in [4.69, 9.17) is 9.47 Å². The fraction of sp³-hybridized carbons (Fsp3) is 0.917. The standard InChI is InChI=1S/C12H23NO4/c1-16-7-8-17-9-11(15)13-12(10-14)5-3-2-4-6-12/h14H,2-10H2,1H3,(H,13,15). The number of methoxy groups -OCH3 is 1. The van der Waals surface area contributed by atoms with Crippen molar-refractivity contribution in [2.75, 3.05) is 33.5 Å². The first-order chi connectivity index (χ1) is 8.22. The molecule has 0 atom stereocenters. The maximum Gasteiger partial charge on any atom is 0.246 e. The first kappa shape index (κ1) is 14.4. The SMILES string of the molecule is COCCOCC(=O)NC1(CO)CCCCC1. The summed E-state index contributed by atoms with van der Waals surface area (Å²) in [5.41, 5.74) is -0.417. The molecule has 0 spiro atoms. The Morgan fingerprint density at radius 2 is 2.00 bits per heavy atom. The quantitative estimate of drug-likeness (QED) is 0.639. The van der Waals surface area contributed by atoms with Crippen LogP contribution < -0.4 is 5.32 Å². The molecule has 0 unspecified atom stereocenters. The Balaban J connectivity index is 2.27. The molecular weight excluding hydrogens is 222 g/mol. The summed E-state index contributed by atoms with van der Waals surface area (Å²) >= 11 is 0. The van der Waals surface area contributed by atoms with Gasteiger partial charge < -0.3 is 19.9 Å². The average Bonchev–Trinajstić information content (AvgIpc) is 2.36. The van der Waals surface area contributed by atoms with Gasteiger partial charge in [0, 0.05) is 7.11 Å². The van der Waals surface area contributed by atoms with E-state index in [0.29, 0.717) is 13.2 Å². The van der Waals surface area contributed by atoms with E-state index in [9.17, 15) is 9.90 Å². The van der Waals surface area contributed by atoms with Crippen LogP contribution in [0.1, 0.15) is 32.1 Å². The van der Waals surface area contributed by atoms with E-state index in [2.05, 4.69) is 5.32 Å². The molecule has 5 heteroatoms. The molecule has 0 aromatic carbocycles. The molecule has 1 amide bonds. The van der Waals surface area contributed by atoms with Gasteiger partial charge in [0.25, 0.3) is 0 Å². The van der Waals surface area contributed by atoms with Crippen LogP contribution in [-0.4, -0.2) is 50.1 Å². The predicted molar refractivity (Wildman–Crippen MR) is 63.7 cm³/mol. The van der Waals surface area contributed by atoms with Crippen molar-refractivity contribution in [2.24, 2.45) is 0 Å². The third-order valence-corrected chi connectivity index (χ3v) is 3.18. The van der Waals surface area contributed by atoms with Gasteiger partial charge in [-0.1, -0.05) is 19.3 Å². The van der Waals surface area contributed by atoms with Crippen LogP contribution in [0.15, 0.2) is 0 Å². The van der Waals surface area contributed by atoms with Crippen LogP contribution in [0.25, 0.3) is 0 Å². The van der Waals surface area contributed by atoms with Gasteiger partial charge in [-0.2, -0.15) is 0 Å². The van der Waals surface area contributed by atoms with Crippen molar-refractivity contribution in [3.05, 3.63) is 0 Å². The molecule has 1 saturated carbocycles. The predicted octanol–water partition coefficient (Wildman–Crippen LogP) is 0.461. The number of carbonyl (C=O) groups excluding carboxylic acids is 1. The summed E-state index contributed by atoms with van der Waals surface area (Å²) < 4.78 is 9.97. The largest absolute Gasteiger partial charge is 0.394 e. The molecule has 0 bridgehead atoms. The summed E-state index contributed by atoms with van der Waals surface area (Å²) in [7, 11) is 1.59.